The molecule has 0 saturated heterocycles. The number of anilines is 1. The summed E-state index contributed by atoms with van der Waals surface area (Å²) in [6.45, 7) is 0. The van der Waals surface area contributed by atoms with E-state index in [2.05, 4.69) is 10.3 Å². The summed E-state index contributed by atoms with van der Waals surface area (Å²) in [5.74, 6) is -0.776. The number of rotatable bonds is 5. The van der Waals surface area contributed by atoms with E-state index in [-0.39, 0.29) is 11.5 Å². The van der Waals surface area contributed by atoms with Crippen LogP contribution in [0.4, 0.5) is 17.1 Å². The van der Waals surface area contributed by atoms with Gasteiger partial charge in [0.25, 0.3) is 5.91 Å². The Morgan fingerprint density at radius 3 is 2.61 bits per heavy atom. The van der Waals surface area contributed by atoms with Gasteiger partial charge in [0.2, 0.25) is 5.75 Å². The highest BCUT2D eigenvalue weighted by Crippen LogP contribution is 2.28. The van der Waals surface area contributed by atoms with Gasteiger partial charge in [-0.1, -0.05) is 29.8 Å². The number of carbonyl (C=O) groups is 1. The van der Waals surface area contributed by atoms with E-state index in [1.54, 1.807) is 48.5 Å². The molecule has 0 aromatic heterocycles. The van der Waals surface area contributed by atoms with Crippen LogP contribution in [-0.4, -0.2) is 22.2 Å². The van der Waals surface area contributed by atoms with Crippen LogP contribution in [-0.2, 0) is 0 Å². The lowest BCUT2D eigenvalue weighted by Crippen LogP contribution is -2.11. The number of amides is 1. The lowest BCUT2D eigenvalue weighted by atomic mass is 10.2. The minimum Gasteiger partial charge on any atom is -0.502 e. The van der Waals surface area contributed by atoms with E-state index >= 15 is 0 Å². The van der Waals surface area contributed by atoms with Gasteiger partial charge in [-0.25, -0.2) is 0 Å². The molecule has 0 radical (unpaired) electrons. The second kappa shape index (κ2) is 8.32. The molecule has 0 aliphatic carbocycles. The topological polar surface area (TPSA) is 105 Å². The average Bonchev–Trinajstić information content (AvgIpc) is 2.67. The van der Waals surface area contributed by atoms with Crippen molar-refractivity contribution in [2.24, 2.45) is 4.99 Å². The number of aromatic hydroxyl groups is 1. The Bertz CT molecular complexity index is 1080. The fraction of sp³-hybridized carbons (Fsp3) is 0. The number of nitrogens with zero attached hydrogens (tertiary/aromatic N) is 2. The van der Waals surface area contributed by atoms with E-state index in [9.17, 15) is 20.0 Å². The molecule has 3 rings (SSSR count). The third-order valence-electron chi connectivity index (χ3n) is 3.79. The summed E-state index contributed by atoms with van der Waals surface area (Å²) in [4.78, 5) is 26.7. The molecule has 0 fully saturated rings. The van der Waals surface area contributed by atoms with Crippen molar-refractivity contribution >= 4 is 40.8 Å². The number of hydrogen-bond donors (Lipinski definition) is 2. The second-order valence-corrected chi connectivity index (χ2v) is 6.18. The summed E-state index contributed by atoms with van der Waals surface area (Å²) in [6.07, 6.45) is 1.32. The Morgan fingerprint density at radius 1 is 1.11 bits per heavy atom. The van der Waals surface area contributed by atoms with E-state index in [0.29, 0.717) is 22.0 Å². The molecule has 7 nitrogen and oxygen atoms in total. The molecule has 0 unspecified atom stereocenters. The number of hydrogen-bond acceptors (Lipinski definition) is 5. The molecule has 0 spiro atoms. The minimum absolute atomic E-state index is 0.211. The molecule has 140 valence electrons. The fourth-order valence-electron chi connectivity index (χ4n) is 2.44. The standard InChI is InChI=1S/C20H14ClN3O4/c21-15-6-1-4-13(10-15)20(26)23-17-8-3-7-16(11-17)22-12-14-5-2-9-18(19(14)25)24(27)28/h1-12,25H,(H,23,26). The predicted molar refractivity (Wildman–Crippen MR) is 108 cm³/mol. The zero-order valence-corrected chi connectivity index (χ0v) is 15.1. The van der Waals surface area contributed by atoms with Gasteiger partial charge in [0.1, 0.15) is 0 Å². The molecule has 0 saturated carbocycles. The zero-order valence-electron chi connectivity index (χ0n) is 14.4. The summed E-state index contributed by atoms with van der Waals surface area (Å²) in [7, 11) is 0. The fourth-order valence-corrected chi connectivity index (χ4v) is 2.63. The summed E-state index contributed by atoms with van der Waals surface area (Å²) < 4.78 is 0. The van der Waals surface area contributed by atoms with Crippen molar-refractivity contribution in [3.8, 4) is 5.75 Å². The Kier molecular flexibility index (Phi) is 5.67. The van der Waals surface area contributed by atoms with Crippen LogP contribution in [0, 0.1) is 10.1 Å². The number of phenolic OH excluding ortho intramolecular Hbond substituents is 1. The number of nitro benzene ring substituents is 1. The summed E-state index contributed by atoms with van der Waals surface area (Å²) in [5.41, 5.74) is 1.25. The van der Waals surface area contributed by atoms with Gasteiger partial charge >= 0.3 is 5.69 Å². The number of para-hydroxylation sites is 1. The van der Waals surface area contributed by atoms with Crippen LogP contribution in [0.5, 0.6) is 5.75 Å². The van der Waals surface area contributed by atoms with Crippen molar-refractivity contribution < 1.29 is 14.8 Å². The number of carbonyl (C=O) groups excluding carboxylic acids is 1. The van der Waals surface area contributed by atoms with Crippen molar-refractivity contribution in [3.63, 3.8) is 0 Å². The van der Waals surface area contributed by atoms with Gasteiger partial charge in [-0.05, 0) is 42.5 Å². The molecule has 3 aromatic carbocycles. The van der Waals surface area contributed by atoms with Crippen LogP contribution in [0.1, 0.15) is 15.9 Å². The van der Waals surface area contributed by atoms with Gasteiger partial charge in [-0.15, -0.1) is 0 Å². The van der Waals surface area contributed by atoms with Crippen molar-refractivity contribution in [3.05, 3.63) is 93.0 Å². The maximum atomic E-state index is 12.3. The van der Waals surface area contributed by atoms with Crippen LogP contribution >= 0.6 is 11.6 Å². The van der Waals surface area contributed by atoms with E-state index in [0.717, 1.165) is 0 Å². The molecule has 8 heteroatoms. The summed E-state index contributed by atoms with van der Waals surface area (Å²) in [5, 5.41) is 24.1. The molecule has 0 aliphatic heterocycles. The summed E-state index contributed by atoms with van der Waals surface area (Å²) >= 11 is 5.90. The first-order valence-corrected chi connectivity index (χ1v) is 8.49. The number of phenols is 1. The quantitative estimate of drug-likeness (QED) is 0.362. The zero-order chi connectivity index (χ0) is 20.1. The van der Waals surface area contributed by atoms with Crippen LogP contribution in [0.25, 0.3) is 0 Å². The van der Waals surface area contributed by atoms with Crippen LogP contribution in [0.3, 0.4) is 0 Å². The van der Waals surface area contributed by atoms with Crippen molar-refractivity contribution in [1.82, 2.24) is 0 Å². The molecule has 0 bridgehead atoms. The number of nitrogens with one attached hydrogen (secondary N) is 1. The number of nitro groups is 1. The number of halogens is 1. The predicted octanol–water partition coefficient (Wildman–Crippen LogP) is 4.96. The van der Waals surface area contributed by atoms with Crippen LogP contribution in [0.15, 0.2) is 71.7 Å². The molecule has 28 heavy (non-hydrogen) atoms. The Hall–Kier alpha value is -3.71. The third kappa shape index (κ3) is 4.52. The van der Waals surface area contributed by atoms with E-state index in [1.165, 1.54) is 24.4 Å². The lowest BCUT2D eigenvalue weighted by molar-refractivity contribution is -0.385. The molecule has 0 aliphatic rings. The van der Waals surface area contributed by atoms with Crippen molar-refractivity contribution in [2.75, 3.05) is 5.32 Å². The molecule has 2 N–H and O–H groups in total. The van der Waals surface area contributed by atoms with Crippen molar-refractivity contribution in [2.45, 2.75) is 0 Å². The maximum Gasteiger partial charge on any atom is 0.311 e. The van der Waals surface area contributed by atoms with Gasteiger partial charge < -0.3 is 10.4 Å². The highest BCUT2D eigenvalue weighted by molar-refractivity contribution is 6.31. The van der Waals surface area contributed by atoms with Crippen LogP contribution in [0.2, 0.25) is 5.02 Å². The maximum absolute atomic E-state index is 12.3. The third-order valence-corrected chi connectivity index (χ3v) is 4.02. The van der Waals surface area contributed by atoms with Gasteiger partial charge in [-0.3, -0.25) is 19.9 Å². The van der Waals surface area contributed by atoms with E-state index in [1.807, 2.05) is 0 Å². The first kappa shape index (κ1) is 19.1. The number of benzene rings is 3. The lowest BCUT2D eigenvalue weighted by Gasteiger charge is -2.06. The molecule has 0 heterocycles. The summed E-state index contributed by atoms with van der Waals surface area (Å²) in [6, 6.07) is 17.5. The van der Waals surface area contributed by atoms with Crippen molar-refractivity contribution in [1.29, 1.82) is 0 Å². The first-order valence-electron chi connectivity index (χ1n) is 8.11. The van der Waals surface area contributed by atoms with Crippen LogP contribution < -0.4 is 5.32 Å². The first-order chi connectivity index (χ1) is 13.4. The largest absolute Gasteiger partial charge is 0.502 e. The highest BCUT2D eigenvalue weighted by Gasteiger charge is 2.15. The number of aliphatic imine (C=N–C) groups is 1. The Balaban J connectivity index is 1.79. The molecule has 0 atom stereocenters. The van der Waals surface area contributed by atoms with E-state index in [4.69, 9.17) is 11.6 Å². The molecular weight excluding hydrogens is 382 g/mol. The molecular formula is C20H14ClN3O4. The Labute approximate surface area is 165 Å². The van der Waals surface area contributed by atoms with E-state index < -0.39 is 16.4 Å². The average molecular weight is 396 g/mol. The van der Waals surface area contributed by atoms with Gasteiger partial charge in [-0.2, -0.15) is 0 Å². The van der Waals surface area contributed by atoms with Gasteiger partial charge in [0.15, 0.2) is 0 Å². The SMILES string of the molecule is O=C(Nc1cccc(N=Cc2cccc([N+](=O)[O-])c2O)c1)c1cccc(Cl)c1. The second-order valence-electron chi connectivity index (χ2n) is 5.75. The Morgan fingerprint density at radius 2 is 1.86 bits per heavy atom. The monoisotopic (exact) mass is 395 g/mol. The highest BCUT2D eigenvalue weighted by atomic mass is 35.5. The van der Waals surface area contributed by atoms with Gasteiger partial charge in [0.05, 0.1) is 10.6 Å². The molecule has 3 aromatic rings. The normalized spacial score (nSPS) is 10.8. The smallest absolute Gasteiger partial charge is 0.311 e. The molecule has 1 amide bonds. The van der Waals surface area contributed by atoms with Gasteiger partial charge in [0, 0.05) is 34.1 Å². The minimum atomic E-state index is -0.668.